The molecule has 0 aliphatic heterocycles. The summed E-state index contributed by atoms with van der Waals surface area (Å²) in [6.45, 7) is 5.84. The number of carbonyl (C=O) groups is 3. The van der Waals surface area contributed by atoms with Crippen molar-refractivity contribution < 1.29 is 24.2 Å². The van der Waals surface area contributed by atoms with Gasteiger partial charge < -0.3 is 15.2 Å². The SMILES string of the molecule is CCCCCC(C)(C)NC(=O)C(N)OC(=O)CCC(=O)O. The van der Waals surface area contributed by atoms with Gasteiger partial charge in [-0.25, -0.2) is 0 Å². The van der Waals surface area contributed by atoms with Gasteiger partial charge in [-0.15, -0.1) is 0 Å². The highest BCUT2D eigenvalue weighted by molar-refractivity contribution is 5.84. The number of carboxylic acid groups (broad SMARTS) is 1. The summed E-state index contributed by atoms with van der Waals surface area (Å²) in [6.07, 6.45) is 1.87. The third-order valence-electron chi connectivity index (χ3n) is 2.93. The van der Waals surface area contributed by atoms with E-state index in [2.05, 4.69) is 12.2 Å². The third-order valence-corrected chi connectivity index (χ3v) is 2.93. The van der Waals surface area contributed by atoms with Gasteiger partial charge in [0.05, 0.1) is 12.8 Å². The van der Waals surface area contributed by atoms with Crippen LogP contribution in [0.15, 0.2) is 0 Å². The molecule has 0 fully saturated rings. The van der Waals surface area contributed by atoms with Crippen molar-refractivity contribution in [2.24, 2.45) is 5.73 Å². The van der Waals surface area contributed by atoms with Crippen LogP contribution in [0.5, 0.6) is 0 Å². The number of nitrogens with two attached hydrogens (primary N) is 1. The zero-order valence-electron chi connectivity index (χ0n) is 13.0. The summed E-state index contributed by atoms with van der Waals surface area (Å²) in [5.74, 6) is -2.49. The van der Waals surface area contributed by atoms with Crippen molar-refractivity contribution in [3.05, 3.63) is 0 Å². The molecule has 7 nitrogen and oxygen atoms in total. The molecule has 1 amide bonds. The van der Waals surface area contributed by atoms with E-state index >= 15 is 0 Å². The first-order valence-electron chi connectivity index (χ1n) is 7.17. The largest absolute Gasteiger partial charge is 0.481 e. The molecule has 0 saturated carbocycles. The molecule has 1 unspecified atom stereocenters. The molecule has 0 aromatic carbocycles. The summed E-state index contributed by atoms with van der Waals surface area (Å²) in [4.78, 5) is 33.4. The van der Waals surface area contributed by atoms with E-state index in [4.69, 9.17) is 15.6 Å². The summed E-state index contributed by atoms with van der Waals surface area (Å²) < 4.78 is 4.70. The molecule has 0 bridgehead atoms. The van der Waals surface area contributed by atoms with E-state index < -0.39 is 29.6 Å². The molecule has 122 valence electrons. The maximum Gasteiger partial charge on any atom is 0.308 e. The van der Waals surface area contributed by atoms with Gasteiger partial charge >= 0.3 is 11.9 Å². The molecule has 0 heterocycles. The number of hydrogen-bond acceptors (Lipinski definition) is 5. The van der Waals surface area contributed by atoms with Gasteiger partial charge in [-0.05, 0) is 20.3 Å². The predicted molar refractivity (Wildman–Crippen MR) is 77.3 cm³/mol. The van der Waals surface area contributed by atoms with Gasteiger partial charge in [0, 0.05) is 5.54 Å². The van der Waals surface area contributed by atoms with Crippen molar-refractivity contribution in [2.75, 3.05) is 0 Å². The molecule has 0 spiro atoms. The van der Waals surface area contributed by atoms with E-state index in [1.54, 1.807) is 0 Å². The third kappa shape index (κ3) is 9.84. The van der Waals surface area contributed by atoms with Crippen molar-refractivity contribution in [3.63, 3.8) is 0 Å². The monoisotopic (exact) mass is 302 g/mol. The number of rotatable bonds is 10. The Balaban J connectivity index is 4.19. The lowest BCUT2D eigenvalue weighted by molar-refractivity contribution is -0.157. The molecule has 0 aliphatic rings. The Morgan fingerprint density at radius 1 is 1.24 bits per heavy atom. The summed E-state index contributed by atoms with van der Waals surface area (Å²) >= 11 is 0. The Hall–Kier alpha value is -1.63. The quantitative estimate of drug-likeness (QED) is 0.316. The van der Waals surface area contributed by atoms with E-state index in [-0.39, 0.29) is 12.8 Å². The zero-order valence-corrected chi connectivity index (χ0v) is 13.0. The Labute approximate surface area is 125 Å². The lowest BCUT2D eigenvalue weighted by Gasteiger charge is -2.27. The van der Waals surface area contributed by atoms with E-state index in [9.17, 15) is 14.4 Å². The minimum absolute atomic E-state index is 0.309. The number of nitrogens with one attached hydrogen (secondary N) is 1. The fraction of sp³-hybridized carbons (Fsp3) is 0.786. The Morgan fingerprint density at radius 3 is 2.38 bits per heavy atom. The number of carboxylic acids is 1. The molecule has 4 N–H and O–H groups in total. The average Bonchev–Trinajstić information content (AvgIpc) is 2.35. The van der Waals surface area contributed by atoms with Crippen molar-refractivity contribution in [2.45, 2.75) is 71.1 Å². The molecule has 0 radical (unpaired) electrons. The zero-order chi connectivity index (χ0) is 16.5. The van der Waals surface area contributed by atoms with Crippen molar-refractivity contribution >= 4 is 17.8 Å². The summed E-state index contributed by atoms with van der Waals surface area (Å²) in [6, 6.07) is 0. The van der Waals surface area contributed by atoms with Gasteiger partial charge in [0.15, 0.2) is 0 Å². The minimum Gasteiger partial charge on any atom is -0.481 e. The van der Waals surface area contributed by atoms with Crippen LogP contribution in [0.25, 0.3) is 0 Å². The maximum absolute atomic E-state index is 11.8. The highest BCUT2D eigenvalue weighted by Gasteiger charge is 2.25. The first kappa shape index (κ1) is 19.4. The molecule has 7 heteroatoms. The van der Waals surface area contributed by atoms with Crippen molar-refractivity contribution in [3.8, 4) is 0 Å². The van der Waals surface area contributed by atoms with Gasteiger partial charge in [0.2, 0.25) is 6.23 Å². The number of aliphatic carboxylic acids is 1. The Morgan fingerprint density at radius 2 is 1.86 bits per heavy atom. The predicted octanol–water partition coefficient (Wildman–Crippen LogP) is 1.15. The normalized spacial score (nSPS) is 12.6. The average molecular weight is 302 g/mol. The van der Waals surface area contributed by atoms with Crippen LogP contribution in [0.4, 0.5) is 0 Å². The van der Waals surface area contributed by atoms with Gasteiger partial charge in [0.25, 0.3) is 5.91 Å². The number of amides is 1. The van der Waals surface area contributed by atoms with Crippen LogP contribution in [-0.4, -0.2) is 34.7 Å². The topological polar surface area (TPSA) is 119 Å². The lowest BCUT2D eigenvalue weighted by Crippen LogP contribution is -2.51. The second kappa shape index (κ2) is 9.33. The van der Waals surface area contributed by atoms with Gasteiger partial charge in [0.1, 0.15) is 0 Å². The van der Waals surface area contributed by atoms with Crippen LogP contribution >= 0.6 is 0 Å². The summed E-state index contributed by atoms with van der Waals surface area (Å²) in [7, 11) is 0. The van der Waals surface area contributed by atoms with Gasteiger partial charge in [-0.2, -0.15) is 0 Å². The van der Waals surface area contributed by atoms with Gasteiger partial charge in [-0.3, -0.25) is 20.1 Å². The first-order valence-corrected chi connectivity index (χ1v) is 7.17. The van der Waals surface area contributed by atoms with Crippen molar-refractivity contribution in [1.29, 1.82) is 0 Å². The highest BCUT2D eigenvalue weighted by atomic mass is 16.6. The first-order chi connectivity index (χ1) is 9.68. The van der Waals surface area contributed by atoms with Crippen molar-refractivity contribution in [1.82, 2.24) is 5.32 Å². The molecule has 1 atom stereocenters. The van der Waals surface area contributed by atoms with E-state index in [1.165, 1.54) is 0 Å². The molecule has 0 saturated heterocycles. The molecule has 0 aromatic rings. The lowest BCUT2D eigenvalue weighted by atomic mass is 9.96. The van der Waals surface area contributed by atoms with Crippen LogP contribution in [0.3, 0.4) is 0 Å². The number of unbranched alkanes of at least 4 members (excludes halogenated alkanes) is 2. The summed E-state index contributed by atoms with van der Waals surface area (Å²) in [5.41, 5.74) is 5.05. The van der Waals surface area contributed by atoms with Crippen LogP contribution in [0.1, 0.15) is 59.3 Å². The Kier molecular flexibility index (Phi) is 8.61. The van der Waals surface area contributed by atoms with Crippen LogP contribution in [-0.2, 0) is 19.1 Å². The van der Waals surface area contributed by atoms with Gasteiger partial charge in [-0.1, -0.05) is 26.2 Å². The molecule has 0 aliphatic carbocycles. The van der Waals surface area contributed by atoms with E-state index in [0.29, 0.717) is 0 Å². The fourth-order valence-electron chi connectivity index (χ4n) is 1.75. The van der Waals surface area contributed by atoms with Crippen LogP contribution in [0, 0.1) is 0 Å². The Bertz CT molecular complexity index is 368. The van der Waals surface area contributed by atoms with E-state index in [0.717, 1.165) is 25.7 Å². The minimum atomic E-state index is -1.42. The number of carbonyl (C=O) groups excluding carboxylic acids is 2. The second-order valence-corrected chi connectivity index (χ2v) is 5.63. The molecule has 0 rings (SSSR count). The number of ether oxygens (including phenoxy) is 1. The second-order valence-electron chi connectivity index (χ2n) is 5.63. The maximum atomic E-state index is 11.8. The fourth-order valence-corrected chi connectivity index (χ4v) is 1.75. The molecule has 0 aromatic heterocycles. The number of esters is 1. The smallest absolute Gasteiger partial charge is 0.308 e. The van der Waals surface area contributed by atoms with E-state index in [1.807, 2.05) is 13.8 Å². The highest BCUT2D eigenvalue weighted by Crippen LogP contribution is 2.14. The molecular formula is C14H26N2O5. The standard InChI is InChI=1S/C14H26N2O5/c1-4-5-6-9-14(2,3)16-13(20)12(15)21-11(19)8-7-10(17)18/h12H,4-9,15H2,1-3H3,(H,16,20)(H,17,18). The number of hydrogen-bond donors (Lipinski definition) is 3. The van der Waals surface area contributed by atoms with Crippen LogP contribution < -0.4 is 11.1 Å². The van der Waals surface area contributed by atoms with Crippen LogP contribution in [0.2, 0.25) is 0 Å². The molecule has 21 heavy (non-hydrogen) atoms. The molecular weight excluding hydrogens is 276 g/mol. The summed E-state index contributed by atoms with van der Waals surface area (Å²) in [5, 5.41) is 11.2.